The Balaban J connectivity index is 1.55. The number of methoxy groups -OCH3 is 1. The first-order valence-corrected chi connectivity index (χ1v) is 7.40. The van der Waals surface area contributed by atoms with Crippen molar-refractivity contribution in [2.75, 3.05) is 26.8 Å². The maximum Gasteiger partial charge on any atom is 0.287 e. The van der Waals surface area contributed by atoms with Crippen LogP contribution in [0.5, 0.6) is 0 Å². The molecular formula is C15H22N2O4. The Labute approximate surface area is 124 Å². The van der Waals surface area contributed by atoms with Crippen LogP contribution in [0.3, 0.4) is 0 Å². The molecule has 2 aliphatic heterocycles. The second kappa shape index (κ2) is 6.17. The van der Waals surface area contributed by atoms with Crippen LogP contribution in [-0.4, -0.2) is 55.8 Å². The quantitative estimate of drug-likeness (QED) is 0.898. The number of nitrogens with zero attached hydrogens (tertiary/aromatic N) is 1. The second-order valence-corrected chi connectivity index (χ2v) is 5.86. The van der Waals surface area contributed by atoms with E-state index >= 15 is 0 Å². The van der Waals surface area contributed by atoms with Crippen molar-refractivity contribution in [1.82, 2.24) is 10.2 Å². The first-order valence-electron chi connectivity index (χ1n) is 7.40. The fraction of sp³-hybridized carbons (Fsp3) is 0.667. The Bertz CT molecular complexity index is 502. The molecule has 0 unspecified atom stereocenters. The molecule has 6 heteroatoms. The zero-order valence-electron chi connectivity index (χ0n) is 12.5. The Morgan fingerprint density at radius 1 is 1.48 bits per heavy atom. The fourth-order valence-corrected chi connectivity index (χ4v) is 3.12. The number of ether oxygens (including phenoxy) is 2. The number of rotatable bonds is 4. The topological polar surface area (TPSA) is 63.9 Å². The zero-order chi connectivity index (χ0) is 14.8. The van der Waals surface area contributed by atoms with Crippen LogP contribution in [0.1, 0.15) is 29.7 Å². The van der Waals surface area contributed by atoms with Gasteiger partial charge in [-0.1, -0.05) is 0 Å². The van der Waals surface area contributed by atoms with Crippen molar-refractivity contribution >= 4 is 5.91 Å². The van der Waals surface area contributed by atoms with Crippen molar-refractivity contribution in [2.24, 2.45) is 0 Å². The fourth-order valence-electron chi connectivity index (χ4n) is 3.12. The summed E-state index contributed by atoms with van der Waals surface area (Å²) in [5.74, 6) is 0.849. The van der Waals surface area contributed by atoms with E-state index in [1.165, 1.54) is 0 Å². The van der Waals surface area contributed by atoms with Crippen molar-refractivity contribution in [3.8, 4) is 0 Å². The molecule has 0 bridgehead atoms. The molecule has 0 radical (unpaired) electrons. The molecule has 3 rings (SSSR count). The van der Waals surface area contributed by atoms with Crippen LogP contribution >= 0.6 is 0 Å². The smallest absolute Gasteiger partial charge is 0.287 e. The summed E-state index contributed by atoms with van der Waals surface area (Å²) in [7, 11) is 1.60. The van der Waals surface area contributed by atoms with Gasteiger partial charge < -0.3 is 19.2 Å². The normalized spacial score (nSPS) is 29.3. The highest BCUT2D eigenvalue weighted by Gasteiger charge is 2.37. The van der Waals surface area contributed by atoms with Crippen LogP contribution in [-0.2, 0) is 16.1 Å². The molecule has 0 aromatic carbocycles. The van der Waals surface area contributed by atoms with Gasteiger partial charge >= 0.3 is 0 Å². The van der Waals surface area contributed by atoms with Gasteiger partial charge in [-0.3, -0.25) is 9.69 Å². The van der Waals surface area contributed by atoms with Crippen LogP contribution in [0.2, 0.25) is 0 Å². The van der Waals surface area contributed by atoms with E-state index in [4.69, 9.17) is 13.9 Å². The minimum absolute atomic E-state index is 0.156. The average molecular weight is 294 g/mol. The molecule has 1 aromatic heterocycles. The van der Waals surface area contributed by atoms with Gasteiger partial charge in [0.05, 0.1) is 12.7 Å². The average Bonchev–Trinajstić information content (AvgIpc) is 3.05. The standard InChI is InChI=1S/C15H22N2O4/c1-10-6-17-7-11(5-12(17)8-20-10)16-15(18)14-4-3-13(21-14)9-19-2/h3-4,10-12H,5-9H2,1-2H3,(H,16,18)/t10-,11+,12-/m0/s1. The molecule has 0 saturated carbocycles. The zero-order valence-corrected chi connectivity index (χ0v) is 12.5. The van der Waals surface area contributed by atoms with E-state index < -0.39 is 0 Å². The van der Waals surface area contributed by atoms with Crippen molar-refractivity contribution in [3.63, 3.8) is 0 Å². The predicted molar refractivity (Wildman–Crippen MR) is 76.1 cm³/mol. The maximum absolute atomic E-state index is 12.2. The molecule has 21 heavy (non-hydrogen) atoms. The monoisotopic (exact) mass is 294 g/mol. The summed E-state index contributed by atoms with van der Waals surface area (Å²) in [6, 6.07) is 4.04. The van der Waals surface area contributed by atoms with Crippen LogP contribution in [0.15, 0.2) is 16.5 Å². The SMILES string of the molecule is COCc1ccc(C(=O)N[C@@H]2C[C@H]3CO[C@@H](C)CN3C2)o1. The van der Waals surface area contributed by atoms with Gasteiger partial charge in [0.2, 0.25) is 0 Å². The van der Waals surface area contributed by atoms with Crippen LogP contribution in [0.25, 0.3) is 0 Å². The summed E-state index contributed by atoms with van der Waals surface area (Å²) in [5.41, 5.74) is 0. The summed E-state index contributed by atoms with van der Waals surface area (Å²) in [5, 5.41) is 3.05. The molecule has 3 atom stereocenters. The van der Waals surface area contributed by atoms with E-state index in [1.807, 2.05) is 0 Å². The van der Waals surface area contributed by atoms with Gasteiger partial charge in [-0.25, -0.2) is 0 Å². The lowest BCUT2D eigenvalue weighted by atomic mass is 10.1. The Hall–Kier alpha value is -1.37. The van der Waals surface area contributed by atoms with E-state index in [-0.39, 0.29) is 18.1 Å². The molecule has 0 spiro atoms. The van der Waals surface area contributed by atoms with Crippen molar-refractivity contribution < 1.29 is 18.7 Å². The summed E-state index contributed by atoms with van der Waals surface area (Å²) < 4.78 is 16.1. The molecule has 2 saturated heterocycles. The third-order valence-electron chi connectivity index (χ3n) is 4.10. The highest BCUT2D eigenvalue weighted by atomic mass is 16.5. The molecule has 2 aliphatic rings. The number of hydrogen-bond acceptors (Lipinski definition) is 5. The predicted octanol–water partition coefficient (Wildman–Crippen LogP) is 1.02. The molecule has 1 N–H and O–H groups in total. The summed E-state index contributed by atoms with van der Waals surface area (Å²) >= 11 is 0. The third kappa shape index (κ3) is 3.28. The van der Waals surface area contributed by atoms with Gasteiger partial charge in [0.15, 0.2) is 5.76 Å². The Kier molecular flexibility index (Phi) is 4.28. The van der Waals surface area contributed by atoms with Crippen LogP contribution in [0, 0.1) is 0 Å². The van der Waals surface area contributed by atoms with Gasteiger partial charge in [-0.2, -0.15) is 0 Å². The highest BCUT2D eigenvalue weighted by Crippen LogP contribution is 2.23. The second-order valence-electron chi connectivity index (χ2n) is 5.86. The number of fused-ring (bicyclic) bond motifs is 1. The number of furan rings is 1. The lowest BCUT2D eigenvalue weighted by Crippen LogP contribution is -2.45. The van der Waals surface area contributed by atoms with Crippen molar-refractivity contribution in [1.29, 1.82) is 0 Å². The van der Waals surface area contributed by atoms with Gasteiger partial charge in [0.25, 0.3) is 5.91 Å². The lowest BCUT2D eigenvalue weighted by molar-refractivity contribution is -0.0390. The number of nitrogens with one attached hydrogen (secondary N) is 1. The number of carbonyl (C=O) groups excluding carboxylic acids is 1. The Morgan fingerprint density at radius 2 is 2.33 bits per heavy atom. The number of carbonyl (C=O) groups is 1. The first-order chi connectivity index (χ1) is 10.2. The van der Waals surface area contributed by atoms with Crippen molar-refractivity contribution in [2.45, 2.75) is 38.1 Å². The summed E-state index contributed by atoms with van der Waals surface area (Å²) in [6.07, 6.45) is 1.21. The number of morpholine rings is 1. The third-order valence-corrected chi connectivity index (χ3v) is 4.10. The Morgan fingerprint density at radius 3 is 3.14 bits per heavy atom. The lowest BCUT2D eigenvalue weighted by Gasteiger charge is -2.33. The van der Waals surface area contributed by atoms with Crippen LogP contribution in [0.4, 0.5) is 0 Å². The van der Waals surface area contributed by atoms with E-state index in [9.17, 15) is 4.79 Å². The number of amides is 1. The van der Waals surface area contributed by atoms with Gasteiger partial charge in [-0.15, -0.1) is 0 Å². The van der Waals surface area contributed by atoms with E-state index in [0.29, 0.717) is 24.2 Å². The van der Waals surface area contributed by atoms with E-state index in [1.54, 1.807) is 19.2 Å². The van der Waals surface area contributed by atoms with Crippen LogP contribution < -0.4 is 5.32 Å². The minimum Gasteiger partial charge on any atom is -0.453 e. The molecule has 1 amide bonds. The largest absolute Gasteiger partial charge is 0.453 e. The molecule has 2 fully saturated rings. The first kappa shape index (κ1) is 14.6. The highest BCUT2D eigenvalue weighted by molar-refractivity contribution is 5.91. The molecular weight excluding hydrogens is 272 g/mol. The minimum atomic E-state index is -0.156. The summed E-state index contributed by atoms with van der Waals surface area (Å²) in [6.45, 7) is 5.04. The summed E-state index contributed by atoms with van der Waals surface area (Å²) in [4.78, 5) is 14.6. The van der Waals surface area contributed by atoms with Crippen molar-refractivity contribution in [3.05, 3.63) is 23.7 Å². The molecule has 116 valence electrons. The van der Waals surface area contributed by atoms with Gasteiger partial charge in [0.1, 0.15) is 12.4 Å². The molecule has 3 heterocycles. The maximum atomic E-state index is 12.2. The molecule has 0 aliphatic carbocycles. The number of hydrogen-bond donors (Lipinski definition) is 1. The van der Waals surface area contributed by atoms with Gasteiger partial charge in [-0.05, 0) is 25.5 Å². The molecule has 1 aromatic rings. The molecule has 6 nitrogen and oxygen atoms in total. The van der Waals surface area contributed by atoms with E-state index in [2.05, 4.69) is 17.1 Å². The van der Waals surface area contributed by atoms with E-state index in [0.717, 1.165) is 26.1 Å². The van der Waals surface area contributed by atoms with Gasteiger partial charge in [0, 0.05) is 32.3 Å².